The molecule has 21 heavy (non-hydrogen) atoms. The van der Waals surface area contributed by atoms with Gasteiger partial charge in [0.25, 0.3) is 5.69 Å². The molecule has 1 aromatic rings. The van der Waals surface area contributed by atoms with E-state index in [0.717, 1.165) is 24.9 Å². The van der Waals surface area contributed by atoms with Crippen LogP contribution in [-0.2, 0) is 6.54 Å². The largest absolute Gasteiger partial charge is 0.393 e. The molecular weight excluding hydrogens is 266 g/mol. The number of nitrogens with two attached hydrogens (primary N) is 1. The van der Waals surface area contributed by atoms with Gasteiger partial charge in [-0.05, 0) is 24.3 Å². The second-order valence-electron chi connectivity index (χ2n) is 5.90. The molecule has 0 unspecified atom stereocenters. The summed E-state index contributed by atoms with van der Waals surface area (Å²) in [5, 5.41) is 11.0. The summed E-state index contributed by atoms with van der Waals surface area (Å²) in [5.41, 5.74) is 7.12. The van der Waals surface area contributed by atoms with Gasteiger partial charge in [-0.15, -0.1) is 0 Å². The topological polar surface area (TPSA) is 72.4 Å². The lowest BCUT2D eigenvalue weighted by atomic mass is 10.0. The minimum atomic E-state index is -0.414. The van der Waals surface area contributed by atoms with Gasteiger partial charge in [0, 0.05) is 25.2 Å². The molecule has 0 aliphatic rings. The van der Waals surface area contributed by atoms with Crippen LogP contribution in [0.5, 0.6) is 0 Å². The lowest BCUT2D eigenvalue weighted by molar-refractivity contribution is -0.384. The molecule has 0 amide bonds. The third-order valence-electron chi connectivity index (χ3n) is 3.80. The lowest BCUT2D eigenvalue weighted by Gasteiger charge is -2.32. The minimum absolute atomic E-state index is 0.00143. The lowest BCUT2D eigenvalue weighted by Crippen LogP contribution is -2.37. The van der Waals surface area contributed by atoms with Crippen LogP contribution in [0.1, 0.15) is 46.1 Å². The number of para-hydroxylation sites is 1. The third-order valence-corrected chi connectivity index (χ3v) is 3.80. The maximum absolute atomic E-state index is 11.0. The van der Waals surface area contributed by atoms with Crippen LogP contribution in [0, 0.1) is 16.0 Å². The number of anilines is 1. The van der Waals surface area contributed by atoms with Crippen molar-refractivity contribution in [1.82, 2.24) is 4.90 Å². The molecule has 2 N–H and O–H groups in total. The first-order chi connectivity index (χ1) is 9.90. The summed E-state index contributed by atoms with van der Waals surface area (Å²) >= 11 is 0. The highest BCUT2D eigenvalue weighted by Gasteiger charge is 2.20. The molecule has 0 radical (unpaired) electrons. The molecule has 0 bridgehead atoms. The highest BCUT2D eigenvalue weighted by molar-refractivity contribution is 5.62. The normalized spacial score (nSPS) is 11.6. The van der Waals surface area contributed by atoms with Gasteiger partial charge in [-0.1, -0.05) is 39.8 Å². The number of nitro groups is 1. The first-order valence-electron chi connectivity index (χ1n) is 7.66. The first-order valence-corrected chi connectivity index (χ1v) is 7.66. The van der Waals surface area contributed by atoms with Gasteiger partial charge in [-0.2, -0.15) is 0 Å². The zero-order chi connectivity index (χ0) is 16.0. The average Bonchev–Trinajstić information content (AvgIpc) is 2.41. The van der Waals surface area contributed by atoms with Crippen LogP contribution in [-0.4, -0.2) is 22.4 Å². The van der Waals surface area contributed by atoms with E-state index in [1.165, 1.54) is 6.07 Å². The Morgan fingerprint density at radius 1 is 1.29 bits per heavy atom. The number of nitrogen functional groups attached to an aromatic ring is 1. The Morgan fingerprint density at radius 3 is 2.38 bits per heavy atom. The Hall–Kier alpha value is -1.62. The van der Waals surface area contributed by atoms with E-state index in [-0.39, 0.29) is 5.69 Å². The summed E-state index contributed by atoms with van der Waals surface area (Å²) in [7, 11) is 0. The fraction of sp³-hybridized carbons (Fsp3) is 0.625. The summed E-state index contributed by atoms with van der Waals surface area (Å²) in [6.45, 7) is 10.4. The smallest absolute Gasteiger partial charge is 0.292 e. The van der Waals surface area contributed by atoms with Crippen molar-refractivity contribution >= 4 is 11.4 Å². The van der Waals surface area contributed by atoms with Crippen molar-refractivity contribution < 1.29 is 4.92 Å². The van der Waals surface area contributed by atoms with Crippen LogP contribution in [0.2, 0.25) is 0 Å². The fourth-order valence-electron chi connectivity index (χ4n) is 2.73. The monoisotopic (exact) mass is 293 g/mol. The van der Waals surface area contributed by atoms with E-state index in [1.807, 2.05) is 6.07 Å². The number of nitro benzene ring substituents is 1. The zero-order valence-electron chi connectivity index (χ0n) is 13.5. The zero-order valence-corrected chi connectivity index (χ0v) is 13.5. The fourth-order valence-corrected chi connectivity index (χ4v) is 2.73. The maximum Gasteiger partial charge on any atom is 0.292 e. The predicted molar refractivity (Wildman–Crippen MR) is 87.1 cm³/mol. The number of benzene rings is 1. The number of nitrogens with zero attached hydrogens (tertiary/aromatic N) is 2. The van der Waals surface area contributed by atoms with Crippen LogP contribution >= 0.6 is 0 Å². The second kappa shape index (κ2) is 7.98. The average molecular weight is 293 g/mol. The van der Waals surface area contributed by atoms with E-state index in [0.29, 0.717) is 24.2 Å². The van der Waals surface area contributed by atoms with Gasteiger partial charge in [-0.25, -0.2) is 0 Å². The Morgan fingerprint density at radius 2 is 1.90 bits per heavy atom. The van der Waals surface area contributed by atoms with Gasteiger partial charge in [-0.3, -0.25) is 15.0 Å². The molecule has 5 nitrogen and oxygen atoms in total. The van der Waals surface area contributed by atoms with E-state index >= 15 is 0 Å². The highest BCUT2D eigenvalue weighted by Crippen LogP contribution is 2.27. The van der Waals surface area contributed by atoms with Gasteiger partial charge in [0.2, 0.25) is 0 Å². The van der Waals surface area contributed by atoms with E-state index in [1.54, 1.807) is 6.07 Å². The van der Waals surface area contributed by atoms with Gasteiger partial charge >= 0.3 is 0 Å². The molecule has 0 heterocycles. The number of hydrogen-bond acceptors (Lipinski definition) is 4. The van der Waals surface area contributed by atoms with Crippen molar-refractivity contribution in [2.45, 2.75) is 53.1 Å². The van der Waals surface area contributed by atoms with Crippen LogP contribution in [0.15, 0.2) is 18.2 Å². The standard InChI is InChI=1S/C16H27N3O2/c1-5-14(6-2)18(10-12(3)4)11-13-8-7-9-15(16(13)17)19(20)21/h7-9,12,14H,5-6,10-11,17H2,1-4H3. The minimum Gasteiger partial charge on any atom is -0.393 e. The summed E-state index contributed by atoms with van der Waals surface area (Å²) in [6, 6.07) is 5.54. The molecule has 0 aliphatic heterocycles. The van der Waals surface area contributed by atoms with Gasteiger partial charge in [0.05, 0.1) is 4.92 Å². The summed E-state index contributed by atoms with van der Waals surface area (Å²) in [4.78, 5) is 13.0. The molecule has 1 rings (SSSR count). The molecule has 1 aromatic carbocycles. The van der Waals surface area contributed by atoms with Crippen molar-refractivity contribution in [3.63, 3.8) is 0 Å². The molecule has 0 saturated carbocycles. The van der Waals surface area contributed by atoms with Crippen LogP contribution in [0.25, 0.3) is 0 Å². The van der Waals surface area contributed by atoms with E-state index < -0.39 is 4.92 Å². The highest BCUT2D eigenvalue weighted by atomic mass is 16.6. The first kappa shape index (κ1) is 17.4. The van der Waals surface area contributed by atoms with Crippen LogP contribution in [0.3, 0.4) is 0 Å². The molecule has 0 aromatic heterocycles. The second-order valence-corrected chi connectivity index (χ2v) is 5.90. The van der Waals surface area contributed by atoms with Crippen LogP contribution < -0.4 is 5.73 Å². The van der Waals surface area contributed by atoms with E-state index in [9.17, 15) is 10.1 Å². The quantitative estimate of drug-likeness (QED) is 0.449. The Labute approximate surface area is 127 Å². The molecule has 0 spiro atoms. The van der Waals surface area contributed by atoms with Crippen molar-refractivity contribution in [1.29, 1.82) is 0 Å². The van der Waals surface area contributed by atoms with Gasteiger partial charge in [0.1, 0.15) is 5.69 Å². The van der Waals surface area contributed by atoms with E-state index in [4.69, 9.17) is 5.73 Å². The molecule has 118 valence electrons. The SMILES string of the molecule is CCC(CC)N(Cc1cccc([N+](=O)[O-])c1N)CC(C)C. The Kier molecular flexibility index (Phi) is 6.62. The Bertz CT molecular complexity index is 471. The predicted octanol–water partition coefficient (Wildman–Crippen LogP) is 3.82. The van der Waals surface area contributed by atoms with Crippen molar-refractivity contribution in [3.05, 3.63) is 33.9 Å². The molecular formula is C16H27N3O2. The van der Waals surface area contributed by atoms with Crippen molar-refractivity contribution in [2.24, 2.45) is 5.92 Å². The number of hydrogen-bond donors (Lipinski definition) is 1. The summed E-state index contributed by atoms with van der Waals surface area (Å²) in [6.07, 6.45) is 2.14. The van der Waals surface area contributed by atoms with E-state index in [2.05, 4.69) is 32.6 Å². The Balaban J connectivity index is 3.03. The molecule has 5 heteroatoms. The van der Waals surface area contributed by atoms with Gasteiger partial charge in [0.15, 0.2) is 0 Å². The number of rotatable bonds is 8. The molecule has 0 fully saturated rings. The maximum atomic E-state index is 11.0. The van der Waals surface area contributed by atoms with Gasteiger partial charge < -0.3 is 5.73 Å². The summed E-state index contributed by atoms with van der Waals surface area (Å²) < 4.78 is 0. The van der Waals surface area contributed by atoms with Crippen molar-refractivity contribution in [2.75, 3.05) is 12.3 Å². The van der Waals surface area contributed by atoms with Crippen molar-refractivity contribution in [3.8, 4) is 0 Å². The molecule has 0 atom stereocenters. The molecule has 0 aliphatic carbocycles. The third kappa shape index (κ3) is 4.70. The molecule has 0 saturated heterocycles. The van der Waals surface area contributed by atoms with Crippen LogP contribution in [0.4, 0.5) is 11.4 Å². The summed E-state index contributed by atoms with van der Waals surface area (Å²) in [5.74, 6) is 0.547.